The number of rotatable bonds is 6. The molecule has 1 unspecified atom stereocenters. The molecule has 1 atom stereocenters. The molecule has 2 aromatic heterocycles. The topological polar surface area (TPSA) is 102 Å². The van der Waals surface area contributed by atoms with E-state index in [-0.39, 0.29) is 5.89 Å². The van der Waals surface area contributed by atoms with Crippen molar-refractivity contribution in [2.75, 3.05) is 5.32 Å². The number of hydrogen-bond donors (Lipinski definition) is 1. The minimum absolute atomic E-state index is 0.0391. The van der Waals surface area contributed by atoms with Crippen molar-refractivity contribution in [1.29, 1.82) is 0 Å². The zero-order valence-corrected chi connectivity index (χ0v) is 14.9. The lowest BCUT2D eigenvalue weighted by molar-refractivity contribution is -0.115. The Kier molecular flexibility index (Phi) is 4.95. The zero-order chi connectivity index (χ0) is 17.9. The van der Waals surface area contributed by atoms with E-state index in [1.165, 1.54) is 18.3 Å². The Morgan fingerprint density at radius 2 is 2.00 bits per heavy atom. The van der Waals surface area contributed by atoms with Crippen molar-refractivity contribution in [3.63, 3.8) is 0 Å². The maximum absolute atomic E-state index is 12.4. The molecule has 1 aromatic carbocycles. The molecule has 0 aliphatic carbocycles. The normalized spacial score (nSPS) is 12.7. The lowest BCUT2D eigenvalue weighted by Gasteiger charge is -2.12. The summed E-state index contributed by atoms with van der Waals surface area (Å²) in [5.41, 5.74) is 0.535. The van der Waals surface area contributed by atoms with Gasteiger partial charge in [-0.05, 0) is 30.5 Å². The predicted octanol–water partition coefficient (Wildman–Crippen LogP) is 2.74. The molecule has 3 aromatic rings. The van der Waals surface area contributed by atoms with Gasteiger partial charge < -0.3 is 9.84 Å². The highest BCUT2D eigenvalue weighted by Crippen LogP contribution is 2.22. The van der Waals surface area contributed by atoms with Crippen molar-refractivity contribution in [3.8, 4) is 10.7 Å². The molecule has 130 valence electrons. The van der Waals surface area contributed by atoms with Crippen LogP contribution in [0.4, 0.5) is 5.69 Å². The summed E-state index contributed by atoms with van der Waals surface area (Å²) in [6.07, 6.45) is 0. The van der Waals surface area contributed by atoms with Crippen LogP contribution in [0.1, 0.15) is 12.8 Å². The molecule has 0 aliphatic heterocycles. The number of para-hydroxylation sites is 1. The first-order valence-corrected chi connectivity index (χ1v) is 9.99. The Labute approximate surface area is 148 Å². The lowest BCUT2D eigenvalue weighted by Crippen LogP contribution is -2.33. The molecule has 0 fully saturated rings. The van der Waals surface area contributed by atoms with Crippen molar-refractivity contribution in [2.45, 2.75) is 17.9 Å². The Balaban J connectivity index is 1.69. The first kappa shape index (κ1) is 17.3. The van der Waals surface area contributed by atoms with Gasteiger partial charge in [-0.1, -0.05) is 29.4 Å². The molecule has 2 heterocycles. The number of hydrogen-bond acceptors (Lipinski definition) is 7. The monoisotopic (exact) mass is 377 g/mol. The quantitative estimate of drug-likeness (QED) is 0.709. The van der Waals surface area contributed by atoms with Gasteiger partial charge in [0.1, 0.15) is 11.0 Å². The summed E-state index contributed by atoms with van der Waals surface area (Å²) >= 11 is 1.42. The molecule has 1 N–H and O–H groups in total. The first-order valence-electron chi connectivity index (χ1n) is 7.39. The number of nitrogens with one attached hydrogen (secondary N) is 1. The standard InChI is InChI=1S/C16H15N3O4S2/c1-11(16(20)17-12-6-3-2-4-7-12)25(21,22)10-14-18-15(19-23-14)13-8-5-9-24-13/h2-9,11H,10H2,1H3,(H,17,20). The predicted molar refractivity (Wildman–Crippen MR) is 94.8 cm³/mol. The van der Waals surface area contributed by atoms with Crippen molar-refractivity contribution >= 4 is 32.8 Å². The van der Waals surface area contributed by atoms with E-state index in [0.29, 0.717) is 11.5 Å². The van der Waals surface area contributed by atoms with E-state index in [1.54, 1.807) is 30.3 Å². The second-order valence-corrected chi connectivity index (χ2v) is 8.56. The van der Waals surface area contributed by atoms with Gasteiger partial charge in [0.15, 0.2) is 9.84 Å². The molecule has 0 saturated heterocycles. The highest BCUT2D eigenvalue weighted by molar-refractivity contribution is 7.92. The van der Waals surface area contributed by atoms with Crippen LogP contribution >= 0.6 is 11.3 Å². The van der Waals surface area contributed by atoms with Crippen LogP contribution in [0.25, 0.3) is 10.7 Å². The Hall–Kier alpha value is -2.52. The van der Waals surface area contributed by atoms with Gasteiger partial charge in [0.05, 0.1) is 4.88 Å². The molecule has 3 rings (SSSR count). The average molecular weight is 377 g/mol. The van der Waals surface area contributed by atoms with Gasteiger partial charge in [-0.15, -0.1) is 11.3 Å². The molecule has 7 nitrogen and oxygen atoms in total. The summed E-state index contributed by atoms with van der Waals surface area (Å²) in [6, 6.07) is 12.3. The molecular formula is C16H15N3O4S2. The molecule has 0 aliphatic rings. The number of benzene rings is 1. The van der Waals surface area contributed by atoms with Gasteiger partial charge in [-0.25, -0.2) is 8.42 Å². The van der Waals surface area contributed by atoms with E-state index in [1.807, 2.05) is 17.5 Å². The van der Waals surface area contributed by atoms with Crippen LogP contribution in [0.2, 0.25) is 0 Å². The molecule has 0 radical (unpaired) electrons. The molecule has 9 heteroatoms. The smallest absolute Gasteiger partial charge is 0.242 e. The summed E-state index contributed by atoms with van der Waals surface area (Å²) < 4.78 is 29.9. The van der Waals surface area contributed by atoms with E-state index in [4.69, 9.17) is 4.52 Å². The van der Waals surface area contributed by atoms with Gasteiger partial charge in [0.2, 0.25) is 17.6 Å². The minimum Gasteiger partial charge on any atom is -0.338 e. The van der Waals surface area contributed by atoms with Crippen LogP contribution in [0.3, 0.4) is 0 Å². The SMILES string of the molecule is CC(C(=O)Nc1ccccc1)S(=O)(=O)Cc1nc(-c2cccs2)no1. The van der Waals surface area contributed by atoms with Gasteiger partial charge in [0.25, 0.3) is 0 Å². The molecule has 0 bridgehead atoms. The molecular weight excluding hydrogens is 362 g/mol. The summed E-state index contributed by atoms with van der Waals surface area (Å²) in [4.78, 5) is 17.1. The first-order chi connectivity index (χ1) is 12.0. The summed E-state index contributed by atoms with van der Waals surface area (Å²) in [5.74, 6) is -0.803. The third-order valence-electron chi connectivity index (χ3n) is 3.48. The lowest BCUT2D eigenvalue weighted by atomic mass is 10.3. The number of amides is 1. The van der Waals surface area contributed by atoms with Crippen LogP contribution in [-0.2, 0) is 20.4 Å². The summed E-state index contributed by atoms with van der Waals surface area (Å²) in [5, 5.41) is 6.97. The van der Waals surface area contributed by atoms with Crippen molar-refractivity contribution in [3.05, 3.63) is 53.7 Å². The number of aromatic nitrogens is 2. The number of carbonyl (C=O) groups is 1. The van der Waals surface area contributed by atoms with Crippen molar-refractivity contribution in [1.82, 2.24) is 10.1 Å². The Morgan fingerprint density at radius 1 is 1.24 bits per heavy atom. The molecule has 0 spiro atoms. The van der Waals surface area contributed by atoms with Crippen molar-refractivity contribution < 1.29 is 17.7 Å². The third kappa shape index (κ3) is 4.12. The van der Waals surface area contributed by atoms with Crippen molar-refractivity contribution in [2.24, 2.45) is 0 Å². The molecule has 1 amide bonds. The highest BCUT2D eigenvalue weighted by atomic mass is 32.2. The van der Waals surface area contributed by atoms with Crippen LogP contribution in [0.15, 0.2) is 52.4 Å². The van der Waals surface area contributed by atoms with E-state index < -0.39 is 26.7 Å². The highest BCUT2D eigenvalue weighted by Gasteiger charge is 2.30. The van der Waals surface area contributed by atoms with Crippen LogP contribution in [-0.4, -0.2) is 29.7 Å². The largest absolute Gasteiger partial charge is 0.338 e. The van der Waals surface area contributed by atoms with Gasteiger partial charge >= 0.3 is 0 Å². The van der Waals surface area contributed by atoms with Gasteiger partial charge in [-0.3, -0.25) is 4.79 Å². The van der Waals surface area contributed by atoms with E-state index in [0.717, 1.165) is 4.88 Å². The molecule has 0 saturated carbocycles. The van der Waals surface area contributed by atoms with E-state index >= 15 is 0 Å². The number of thiophene rings is 1. The van der Waals surface area contributed by atoms with Gasteiger partial charge in [-0.2, -0.15) is 4.98 Å². The zero-order valence-electron chi connectivity index (χ0n) is 13.2. The summed E-state index contributed by atoms with van der Waals surface area (Å²) in [7, 11) is -3.79. The van der Waals surface area contributed by atoms with E-state index in [9.17, 15) is 13.2 Å². The number of carbonyl (C=O) groups excluding carboxylic acids is 1. The Bertz CT molecular complexity index is 950. The third-order valence-corrected chi connectivity index (χ3v) is 6.29. The second-order valence-electron chi connectivity index (χ2n) is 5.29. The van der Waals surface area contributed by atoms with E-state index in [2.05, 4.69) is 15.5 Å². The maximum atomic E-state index is 12.4. The van der Waals surface area contributed by atoms with Crippen LogP contribution < -0.4 is 5.32 Å². The second kappa shape index (κ2) is 7.16. The molecule has 25 heavy (non-hydrogen) atoms. The summed E-state index contributed by atoms with van der Waals surface area (Å²) in [6.45, 7) is 1.34. The fourth-order valence-electron chi connectivity index (χ4n) is 2.04. The fraction of sp³-hybridized carbons (Fsp3) is 0.188. The Morgan fingerprint density at radius 3 is 2.68 bits per heavy atom. The minimum atomic E-state index is -3.79. The van der Waals surface area contributed by atoms with Crippen LogP contribution in [0.5, 0.6) is 0 Å². The average Bonchev–Trinajstić information content (AvgIpc) is 3.26. The van der Waals surface area contributed by atoms with Gasteiger partial charge in [0, 0.05) is 5.69 Å². The van der Waals surface area contributed by atoms with Crippen LogP contribution in [0, 0.1) is 0 Å². The maximum Gasteiger partial charge on any atom is 0.242 e. The number of sulfone groups is 1. The fourth-order valence-corrected chi connectivity index (χ4v) is 3.79. The number of anilines is 1. The number of nitrogens with zero attached hydrogens (tertiary/aromatic N) is 2.